The van der Waals surface area contributed by atoms with Gasteiger partial charge in [-0.2, -0.15) is 22.0 Å². The van der Waals surface area contributed by atoms with Gasteiger partial charge in [-0.25, -0.2) is 17.9 Å². The highest BCUT2D eigenvalue weighted by Gasteiger charge is 2.57. The number of carbonyl (C=O) groups is 2. The zero-order valence-corrected chi connectivity index (χ0v) is 18.3. The summed E-state index contributed by atoms with van der Waals surface area (Å²) >= 11 is 0. The second-order valence-electron chi connectivity index (χ2n) is 7.24. The van der Waals surface area contributed by atoms with E-state index in [1.54, 1.807) is 12.1 Å². The van der Waals surface area contributed by atoms with Gasteiger partial charge in [-0.1, -0.05) is 24.3 Å². The second-order valence-corrected chi connectivity index (χ2v) is 8.95. The quantitative estimate of drug-likeness (QED) is 0.383. The molecule has 0 saturated heterocycles. The van der Waals surface area contributed by atoms with Gasteiger partial charge >= 0.3 is 24.1 Å². The first kappa shape index (κ1) is 27.0. The van der Waals surface area contributed by atoms with Crippen LogP contribution < -0.4 is 15.4 Å². The molecule has 1 atom stereocenters. The fourth-order valence-corrected chi connectivity index (χ4v) is 4.01. The topological polar surface area (TPSA) is 125 Å². The molecule has 2 aromatic carbocycles. The molecule has 0 aromatic heterocycles. The van der Waals surface area contributed by atoms with Crippen molar-refractivity contribution >= 4 is 27.7 Å². The number of carboxylic acids is 1. The summed E-state index contributed by atoms with van der Waals surface area (Å²) in [6.07, 6.45) is -6.24. The zero-order chi connectivity index (χ0) is 25.7. The Bertz CT molecular complexity index is 1160. The minimum Gasteiger partial charge on any atom is -0.481 e. The van der Waals surface area contributed by atoms with Crippen LogP contribution in [0.1, 0.15) is 13.3 Å². The van der Waals surface area contributed by atoms with Crippen molar-refractivity contribution in [3.05, 3.63) is 48.5 Å². The van der Waals surface area contributed by atoms with Crippen molar-refractivity contribution in [1.29, 1.82) is 0 Å². The van der Waals surface area contributed by atoms with Gasteiger partial charge in [0, 0.05) is 11.7 Å². The van der Waals surface area contributed by atoms with Crippen molar-refractivity contribution in [3.8, 4) is 11.1 Å². The number of hydrogen-bond donors (Lipinski definition) is 4. The number of halogens is 5. The molecular formula is C20H20F5N3O5S. The lowest BCUT2D eigenvalue weighted by molar-refractivity contribution is -0.278. The first-order valence-electron chi connectivity index (χ1n) is 9.55. The Balaban J connectivity index is 2.15. The van der Waals surface area contributed by atoms with Crippen molar-refractivity contribution in [2.24, 2.45) is 0 Å². The molecule has 34 heavy (non-hydrogen) atoms. The standard InChI is InChI=1S/C20H20F5N3O5S/c1-12(8-17(29)30)28-34(32,33)16-7-3-5-14(10-16)13-4-2-6-15(9-13)27-18(31)26-11-19(21,22)20(23,24)25/h2-7,9-10,12,28H,8,11H2,1H3,(H,29,30)(H2,26,27,31)/t12-/m1/s1. The van der Waals surface area contributed by atoms with Crippen molar-refractivity contribution in [2.45, 2.75) is 36.4 Å². The maximum Gasteiger partial charge on any atom is 0.455 e. The average molecular weight is 509 g/mol. The highest BCUT2D eigenvalue weighted by Crippen LogP contribution is 2.34. The Hall–Kier alpha value is -3.26. The molecule has 2 aromatic rings. The number of carboxylic acid groups (broad SMARTS) is 1. The van der Waals surface area contributed by atoms with Crippen LogP contribution in [0.2, 0.25) is 0 Å². The molecular weight excluding hydrogens is 489 g/mol. The Morgan fingerprint density at radius 2 is 1.59 bits per heavy atom. The van der Waals surface area contributed by atoms with E-state index in [1.165, 1.54) is 48.6 Å². The van der Waals surface area contributed by atoms with Crippen molar-refractivity contribution in [3.63, 3.8) is 0 Å². The van der Waals surface area contributed by atoms with Gasteiger partial charge < -0.3 is 15.7 Å². The van der Waals surface area contributed by atoms with Gasteiger partial charge in [-0.3, -0.25) is 4.79 Å². The summed E-state index contributed by atoms with van der Waals surface area (Å²) in [6, 6.07) is 9.08. The van der Waals surface area contributed by atoms with Gasteiger partial charge in [-0.05, 0) is 42.3 Å². The minimum atomic E-state index is -5.81. The van der Waals surface area contributed by atoms with E-state index in [1.807, 2.05) is 0 Å². The van der Waals surface area contributed by atoms with E-state index in [2.05, 4.69) is 10.0 Å². The Kier molecular flexibility index (Phi) is 8.21. The molecule has 2 rings (SSSR count). The summed E-state index contributed by atoms with van der Waals surface area (Å²) in [5.41, 5.74) is 0.822. The van der Waals surface area contributed by atoms with Gasteiger partial charge in [0.1, 0.15) is 0 Å². The maximum absolute atomic E-state index is 12.9. The van der Waals surface area contributed by atoms with Crippen LogP contribution in [0, 0.1) is 0 Å². The lowest BCUT2D eigenvalue weighted by Gasteiger charge is -2.20. The van der Waals surface area contributed by atoms with Gasteiger partial charge in [0.25, 0.3) is 0 Å². The second kappa shape index (κ2) is 10.3. The third kappa shape index (κ3) is 7.38. The van der Waals surface area contributed by atoms with E-state index in [0.29, 0.717) is 11.1 Å². The summed E-state index contributed by atoms with van der Waals surface area (Å²) in [4.78, 5) is 22.3. The molecule has 0 unspecified atom stereocenters. The Morgan fingerprint density at radius 1 is 1.00 bits per heavy atom. The number of aliphatic carboxylic acids is 1. The van der Waals surface area contributed by atoms with Crippen molar-refractivity contribution < 1.29 is 45.1 Å². The lowest BCUT2D eigenvalue weighted by Crippen LogP contribution is -2.47. The largest absolute Gasteiger partial charge is 0.481 e. The Morgan fingerprint density at radius 3 is 2.18 bits per heavy atom. The first-order chi connectivity index (χ1) is 15.6. The summed E-state index contributed by atoms with van der Waals surface area (Å²) in [5, 5.41) is 12.4. The van der Waals surface area contributed by atoms with E-state index < -0.39 is 53.1 Å². The maximum atomic E-state index is 12.9. The number of urea groups is 1. The number of amides is 2. The molecule has 0 aliphatic heterocycles. The van der Waals surface area contributed by atoms with Crippen LogP contribution in [0.5, 0.6) is 0 Å². The third-order valence-electron chi connectivity index (χ3n) is 4.32. The van der Waals surface area contributed by atoms with Crippen LogP contribution in [-0.2, 0) is 14.8 Å². The molecule has 0 fully saturated rings. The molecule has 8 nitrogen and oxygen atoms in total. The number of alkyl halides is 5. The van der Waals surface area contributed by atoms with Crippen LogP contribution >= 0.6 is 0 Å². The summed E-state index contributed by atoms with van der Waals surface area (Å²) < 4.78 is 89.8. The average Bonchev–Trinajstić information content (AvgIpc) is 2.71. The van der Waals surface area contributed by atoms with Gasteiger partial charge in [0.15, 0.2) is 0 Å². The molecule has 0 aliphatic rings. The minimum absolute atomic E-state index is 0.0480. The van der Waals surface area contributed by atoms with Gasteiger partial charge in [0.2, 0.25) is 10.0 Å². The van der Waals surface area contributed by atoms with Crippen LogP contribution in [0.25, 0.3) is 11.1 Å². The van der Waals surface area contributed by atoms with Crippen LogP contribution in [0.3, 0.4) is 0 Å². The highest BCUT2D eigenvalue weighted by atomic mass is 32.2. The van der Waals surface area contributed by atoms with Crippen molar-refractivity contribution in [1.82, 2.24) is 10.0 Å². The van der Waals surface area contributed by atoms with Crippen LogP contribution in [0.4, 0.5) is 32.4 Å². The molecule has 14 heteroatoms. The number of carbonyl (C=O) groups excluding carboxylic acids is 1. The molecule has 4 N–H and O–H groups in total. The zero-order valence-electron chi connectivity index (χ0n) is 17.5. The first-order valence-corrected chi connectivity index (χ1v) is 11.0. The molecule has 2 amide bonds. The monoisotopic (exact) mass is 509 g/mol. The van der Waals surface area contributed by atoms with Gasteiger partial charge in [-0.15, -0.1) is 0 Å². The number of hydrogen-bond acceptors (Lipinski definition) is 4. The van der Waals surface area contributed by atoms with E-state index >= 15 is 0 Å². The predicted molar refractivity (Wildman–Crippen MR) is 112 cm³/mol. The molecule has 0 aliphatic carbocycles. The highest BCUT2D eigenvalue weighted by molar-refractivity contribution is 7.89. The summed E-state index contributed by atoms with van der Waals surface area (Å²) in [5.74, 6) is -6.28. The molecule has 0 bridgehead atoms. The van der Waals surface area contributed by atoms with E-state index in [9.17, 15) is 40.0 Å². The molecule has 0 spiro atoms. The van der Waals surface area contributed by atoms with Crippen LogP contribution in [-0.4, -0.2) is 50.2 Å². The van der Waals surface area contributed by atoms with Crippen molar-refractivity contribution in [2.75, 3.05) is 11.9 Å². The Labute approximate surface area is 191 Å². The predicted octanol–water partition coefficient (Wildman–Crippen LogP) is 3.81. The lowest BCUT2D eigenvalue weighted by atomic mass is 10.1. The SMILES string of the molecule is C[C@H](CC(=O)O)NS(=O)(=O)c1cccc(-c2cccc(NC(=O)NCC(F)(F)C(F)(F)F)c2)c1. The molecule has 0 radical (unpaired) electrons. The number of anilines is 1. The molecule has 0 heterocycles. The fraction of sp³-hybridized carbons (Fsp3) is 0.300. The molecule has 0 saturated carbocycles. The fourth-order valence-electron chi connectivity index (χ4n) is 2.72. The smallest absolute Gasteiger partial charge is 0.455 e. The number of benzene rings is 2. The summed E-state index contributed by atoms with van der Waals surface area (Å²) in [6.45, 7) is -0.560. The summed E-state index contributed by atoms with van der Waals surface area (Å²) in [7, 11) is -4.05. The van der Waals surface area contributed by atoms with E-state index in [0.717, 1.165) is 0 Å². The normalized spacial score (nSPS) is 13.2. The van der Waals surface area contributed by atoms with Crippen LogP contribution in [0.15, 0.2) is 53.4 Å². The number of rotatable bonds is 9. The molecule has 186 valence electrons. The van der Waals surface area contributed by atoms with E-state index in [4.69, 9.17) is 5.11 Å². The van der Waals surface area contributed by atoms with Gasteiger partial charge in [0.05, 0.1) is 17.9 Å². The van der Waals surface area contributed by atoms with E-state index in [-0.39, 0.29) is 10.6 Å². The third-order valence-corrected chi connectivity index (χ3v) is 5.91. The number of nitrogens with one attached hydrogen (secondary N) is 3. The number of sulfonamides is 1.